The van der Waals surface area contributed by atoms with Gasteiger partial charge in [0.15, 0.2) is 0 Å². The number of nitrogens with one attached hydrogen (secondary N) is 2. The molecule has 2 aromatic rings. The van der Waals surface area contributed by atoms with Gasteiger partial charge in [-0.05, 0) is 32.0 Å². The van der Waals surface area contributed by atoms with Crippen molar-refractivity contribution in [2.75, 3.05) is 59.1 Å². The molecule has 0 saturated carbocycles. The van der Waals surface area contributed by atoms with Crippen LogP contribution in [0.1, 0.15) is 23.0 Å². The van der Waals surface area contributed by atoms with Crippen LogP contribution in [0.25, 0.3) is 10.9 Å². The molecule has 0 aliphatic carbocycles. The third-order valence-corrected chi connectivity index (χ3v) is 6.04. The van der Waals surface area contributed by atoms with Crippen LogP contribution in [0.5, 0.6) is 5.75 Å². The van der Waals surface area contributed by atoms with Gasteiger partial charge in [0.2, 0.25) is 0 Å². The van der Waals surface area contributed by atoms with Crippen LogP contribution in [0.3, 0.4) is 0 Å². The van der Waals surface area contributed by atoms with Gasteiger partial charge in [-0.15, -0.1) is 0 Å². The summed E-state index contributed by atoms with van der Waals surface area (Å²) in [6, 6.07) is 5.65. The van der Waals surface area contributed by atoms with E-state index in [0.717, 1.165) is 49.3 Å². The molecule has 0 bridgehead atoms. The van der Waals surface area contributed by atoms with E-state index in [9.17, 15) is 9.90 Å². The maximum Gasteiger partial charge on any atom is 0.340 e. The first kappa shape index (κ1) is 22.6. The third kappa shape index (κ3) is 5.13. The Bertz CT molecular complexity index is 858. The van der Waals surface area contributed by atoms with Gasteiger partial charge in [-0.2, -0.15) is 0 Å². The maximum atomic E-state index is 12.4. The van der Waals surface area contributed by atoms with E-state index in [0.29, 0.717) is 24.5 Å². The van der Waals surface area contributed by atoms with Gasteiger partial charge >= 0.3 is 5.97 Å². The van der Waals surface area contributed by atoms with Crippen LogP contribution < -0.4 is 14.5 Å². The second-order valence-corrected chi connectivity index (χ2v) is 8.06. The number of carbonyl (C=O) groups excluding carboxylic acids is 1. The molecule has 1 aromatic heterocycles. The SMILES string of the molecule is CCOC(=O)c1c(C)n(C)c2ccc(OC[C@@H](O)C[NH+]3CC[NH+](CCO)CC3)cc12. The molecule has 1 aliphatic rings. The monoisotopic (exact) mass is 421 g/mol. The van der Waals surface area contributed by atoms with E-state index < -0.39 is 6.10 Å². The van der Waals surface area contributed by atoms with E-state index in [2.05, 4.69) is 0 Å². The molecule has 1 fully saturated rings. The van der Waals surface area contributed by atoms with Gasteiger partial charge in [-0.25, -0.2) is 4.79 Å². The first-order chi connectivity index (χ1) is 14.4. The molecule has 1 atom stereocenters. The summed E-state index contributed by atoms with van der Waals surface area (Å²) in [4.78, 5) is 15.2. The molecular weight excluding hydrogens is 386 g/mol. The molecule has 3 rings (SSSR count). The zero-order valence-electron chi connectivity index (χ0n) is 18.2. The van der Waals surface area contributed by atoms with Crippen molar-refractivity contribution < 1.29 is 34.3 Å². The molecule has 30 heavy (non-hydrogen) atoms. The zero-order chi connectivity index (χ0) is 21.7. The molecule has 4 N–H and O–H groups in total. The zero-order valence-corrected chi connectivity index (χ0v) is 18.2. The summed E-state index contributed by atoms with van der Waals surface area (Å²) in [6.45, 7) is 9.93. The standard InChI is InChI=1S/C22H33N3O5/c1-4-29-22(28)21-16(2)23(3)20-6-5-18(13-19(20)21)30-15-17(27)14-25-9-7-24(8-10-25)11-12-26/h5-6,13,17,26-27H,4,7-12,14-15H2,1-3H3/p+2/t17-/m0/s1. The Balaban J connectivity index is 1.61. The Morgan fingerprint density at radius 1 is 1.23 bits per heavy atom. The fourth-order valence-electron chi connectivity index (χ4n) is 4.26. The van der Waals surface area contributed by atoms with E-state index in [-0.39, 0.29) is 19.2 Å². The van der Waals surface area contributed by atoms with Gasteiger partial charge in [-0.3, -0.25) is 0 Å². The highest BCUT2D eigenvalue weighted by atomic mass is 16.5. The number of benzene rings is 1. The number of carbonyl (C=O) groups is 1. The van der Waals surface area contributed by atoms with E-state index >= 15 is 0 Å². The van der Waals surface area contributed by atoms with E-state index in [1.807, 2.05) is 36.7 Å². The summed E-state index contributed by atoms with van der Waals surface area (Å²) in [5.74, 6) is 0.300. The van der Waals surface area contributed by atoms with Crippen LogP contribution >= 0.6 is 0 Å². The topological polar surface area (TPSA) is 89.8 Å². The fraction of sp³-hybridized carbons (Fsp3) is 0.591. The normalized spacial score (nSPS) is 20.3. The fourth-order valence-corrected chi connectivity index (χ4v) is 4.26. The second kappa shape index (κ2) is 10.3. The number of fused-ring (bicyclic) bond motifs is 1. The highest BCUT2D eigenvalue weighted by molar-refractivity contribution is 6.06. The van der Waals surface area contributed by atoms with Crippen LogP contribution in [0.15, 0.2) is 18.2 Å². The summed E-state index contributed by atoms with van der Waals surface area (Å²) in [5, 5.41) is 20.3. The number of aromatic nitrogens is 1. The van der Waals surface area contributed by atoms with E-state index in [4.69, 9.17) is 14.6 Å². The molecule has 0 radical (unpaired) electrons. The number of esters is 1. The van der Waals surface area contributed by atoms with Crippen molar-refractivity contribution in [1.82, 2.24) is 4.57 Å². The minimum Gasteiger partial charge on any atom is -0.491 e. The van der Waals surface area contributed by atoms with Crippen molar-refractivity contribution in [3.8, 4) is 5.75 Å². The van der Waals surface area contributed by atoms with Gasteiger partial charge < -0.3 is 34.1 Å². The van der Waals surface area contributed by atoms with Crippen molar-refractivity contribution in [1.29, 1.82) is 0 Å². The summed E-state index contributed by atoms with van der Waals surface area (Å²) in [6.07, 6.45) is -0.558. The van der Waals surface area contributed by atoms with Crippen molar-refractivity contribution in [2.45, 2.75) is 20.0 Å². The predicted octanol–water partition coefficient (Wildman–Crippen LogP) is -1.82. The van der Waals surface area contributed by atoms with Crippen LogP contribution in [-0.4, -0.2) is 85.9 Å². The van der Waals surface area contributed by atoms with Crippen molar-refractivity contribution in [3.63, 3.8) is 0 Å². The van der Waals surface area contributed by atoms with Gasteiger partial charge in [0.1, 0.15) is 57.7 Å². The van der Waals surface area contributed by atoms with E-state index in [1.54, 1.807) is 6.92 Å². The number of aliphatic hydroxyl groups excluding tert-OH is 2. The van der Waals surface area contributed by atoms with Crippen molar-refractivity contribution in [2.24, 2.45) is 7.05 Å². The second-order valence-electron chi connectivity index (χ2n) is 8.06. The highest BCUT2D eigenvalue weighted by Gasteiger charge is 2.25. The Labute approximate surface area is 177 Å². The first-order valence-electron chi connectivity index (χ1n) is 10.8. The Hall–Kier alpha value is -2.13. The molecule has 0 amide bonds. The van der Waals surface area contributed by atoms with Gasteiger partial charge in [0, 0.05) is 23.6 Å². The molecule has 1 aliphatic heterocycles. The van der Waals surface area contributed by atoms with Crippen LogP contribution in [-0.2, 0) is 11.8 Å². The Morgan fingerprint density at radius 2 is 1.93 bits per heavy atom. The quantitative estimate of drug-likeness (QED) is 0.358. The number of hydrogen-bond acceptors (Lipinski definition) is 5. The third-order valence-electron chi connectivity index (χ3n) is 6.04. The average Bonchev–Trinajstić information content (AvgIpc) is 2.98. The smallest absolute Gasteiger partial charge is 0.340 e. The number of rotatable bonds is 9. The van der Waals surface area contributed by atoms with Crippen LogP contribution in [0.4, 0.5) is 0 Å². The number of aliphatic hydroxyl groups is 2. The molecule has 166 valence electrons. The Kier molecular flexibility index (Phi) is 7.71. The predicted molar refractivity (Wildman–Crippen MR) is 113 cm³/mol. The van der Waals surface area contributed by atoms with Crippen LogP contribution in [0, 0.1) is 6.92 Å². The molecule has 8 nitrogen and oxygen atoms in total. The van der Waals surface area contributed by atoms with Crippen molar-refractivity contribution in [3.05, 3.63) is 29.5 Å². The number of hydrogen-bond donors (Lipinski definition) is 4. The number of nitrogens with zero attached hydrogens (tertiary/aromatic N) is 1. The molecule has 0 unspecified atom stereocenters. The summed E-state index contributed by atoms with van der Waals surface area (Å²) >= 11 is 0. The highest BCUT2D eigenvalue weighted by Crippen LogP contribution is 2.29. The van der Waals surface area contributed by atoms with Gasteiger partial charge in [0.05, 0.1) is 18.8 Å². The maximum absolute atomic E-state index is 12.4. The lowest BCUT2D eigenvalue weighted by molar-refractivity contribution is -1.01. The molecule has 2 heterocycles. The van der Waals surface area contributed by atoms with Crippen molar-refractivity contribution >= 4 is 16.9 Å². The van der Waals surface area contributed by atoms with Gasteiger partial charge in [-0.1, -0.05) is 0 Å². The number of piperazine rings is 1. The largest absolute Gasteiger partial charge is 0.491 e. The minimum absolute atomic E-state index is 0.211. The van der Waals surface area contributed by atoms with E-state index in [1.165, 1.54) is 9.80 Å². The summed E-state index contributed by atoms with van der Waals surface area (Å²) in [5.41, 5.74) is 2.36. The number of ether oxygens (including phenoxy) is 2. The molecule has 0 spiro atoms. The molecular formula is C22H35N3O5+2. The lowest BCUT2D eigenvalue weighted by Crippen LogP contribution is -3.28. The molecule has 1 aromatic carbocycles. The number of quaternary nitrogens is 2. The summed E-state index contributed by atoms with van der Waals surface area (Å²) < 4.78 is 13.1. The molecule has 1 saturated heterocycles. The lowest BCUT2D eigenvalue weighted by Gasteiger charge is -2.30. The first-order valence-corrected chi connectivity index (χ1v) is 10.8. The summed E-state index contributed by atoms with van der Waals surface area (Å²) in [7, 11) is 1.93. The van der Waals surface area contributed by atoms with Gasteiger partial charge in [0.25, 0.3) is 0 Å². The lowest BCUT2D eigenvalue weighted by atomic mass is 10.1. The van der Waals surface area contributed by atoms with Crippen LogP contribution in [0.2, 0.25) is 0 Å². The minimum atomic E-state index is -0.558. The Morgan fingerprint density at radius 3 is 2.60 bits per heavy atom. The average molecular weight is 422 g/mol. The molecule has 8 heteroatoms. The number of aryl methyl sites for hydroxylation is 1.